The molecule has 5 heteroatoms. The molecule has 0 fully saturated rings. The molecule has 3 aromatic carbocycles. The molecular weight excluding hydrogens is 425 g/mol. The Bertz CT molecular complexity index is 992. The molecule has 32 heavy (non-hydrogen) atoms. The van der Waals surface area contributed by atoms with Crippen LogP contribution in [-0.4, -0.2) is 29.3 Å². The van der Waals surface area contributed by atoms with Gasteiger partial charge < -0.3 is 9.64 Å². The van der Waals surface area contributed by atoms with E-state index in [0.29, 0.717) is 18.5 Å². The van der Waals surface area contributed by atoms with Gasteiger partial charge in [-0.2, -0.15) is 0 Å². The smallest absolute Gasteiger partial charge is 0.237 e. The largest absolute Gasteiger partial charge is 0.491 e. The third-order valence-corrected chi connectivity index (χ3v) is 5.56. The van der Waals surface area contributed by atoms with Gasteiger partial charge in [-0.3, -0.25) is 4.79 Å². The van der Waals surface area contributed by atoms with Crippen LogP contribution in [0.15, 0.2) is 78.9 Å². The van der Waals surface area contributed by atoms with Crippen molar-refractivity contribution in [2.24, 2.45) is 0 Å². The zero-order valence-corrected chi connectivity index (χ0v) is 19.3. The number of nitrogens with zero attached hydrogens (tertiary/aromatic N) is 1. The number of ether oxygens (including phenoxy) is 1. The molecule has 3 aromatic rings. The molecular formula is C27H29ClFNO2. The van der Waals surface area contributed by atoms with Crippen LogP contribution in [0.1, 0.15) is 42.9 Å². The zero-order chi connectivity index (χ0) is 22.9. The monoisotopic (exact) mass is 453 g/mol. The fourth-order valence-corrected chi connectivity index (χ4v) is 3.92. The number of halogens is 2. The van der Waals surface area contributed by atoms with E-state index in [1.165, 1.54) is 6.07 Å². The molecule has 0 aliphatic heterocycles. The van der Waals surface area contributed by atoms with Crippen LogP contribution in [0, 0.1) is 5.82 Å². The van der Waals surface area contributed by atoms with Gasteiger partial charge in [0.25, 0.3) is 0 Å². The second-order valence-electron chi connectivity index (χ2n) is 8.03. The van der Waals surface area contributed by atoms with Crippen molar-refractivity contribution >= 4 is 17.5 Å². The summed E-state index contributed by atoms with van der Waals surface area (Å²) in [6.45, 7) is 4.65. The maximum Gasteiger partial charge on any atom is 0.237 e. The van der Waals surface area contributed by atoms with Crippen LogP contribution in [0.5, 0.6) is 5.75 Å². The van der Waals surface area contributed by atoms with E-state index in [2.05, 4.69) is 24.3 Å². The fourth-order valence-electron chi connectivity index (χ4n) is 3.76. The molecule has 0 aromatic heterocycles. The van der Waals surface area contributed by atoms with Crippen molar-refractivity contribution in [1.29, 1.82) is 0 Å². The average Bonchev–Trinajstić information content (AvgIpc) is 2.80. The molecule has 0 saturated carbocycles. The lowest BCUT2D eigenvalue weighted by molar-refractivity contribution is -0.129. The molecule has 0 radical (unpaired) electrons. The Kier molecular flexibility index (Phi) is 8.69. The second kappa shape index (κ2) is 11.7. The van der Waals surface area contributed by atoms with Crippen LogP contribution in [0.3, 0.4) is 0 Å². The Hall–Kier alpha value is -2.85. The highest BCUT2D eigenvalue weighted by atomic mass is 35.5. The van der Waals surface area contributed by atoms with E-state index in [4.69, 9.17) is 16.3 Å². The highest BCUT2D eigenvalue weighted by Crippen LogP contribution is 2.30. The summed E-state index contributed by atoms with van der Waals surface area (Å²) in [6, 6.07) is 24.8. The number of carbonyl (C=O) groups is 1. The van der Waals surface area contributed by atoms with Gasteiger partial charge in [0.05, 0.1) is 6.10 Å². The molecule has 3 nitrogen and oxygen atoms in total. The number of hydrogen-bond acceptors (Lipinski definition) is 2. The van der Waals surface area contributed by atoms with Crippen molar-refractivity contribution in [3.05, 3.63) is 101 Å². The summed E-state index contributed by atoms with van der Waals surface area (Å²) in [5.74, 6) is 0.248. The summed E-state index contributed by atoms with van der Waals surface area (Å²) in [6.07, 6.45) is 0.796. The minimum atomic E-state index is -0.319. The topological polar surface area (TPSA) is 29.5 Å². The minimum absolute atomic E-state index is 0.0792. The van der Waals surface area contributed by atoms with Gasteiger partial charge in [0.15, 0.2) is 0 Å². The lowest BCUT2D eigenvalue weighted by Gasteiger charge is -2.26. The van der Waals surface area contributed by atoms with E-state index in [1.807, 2.05) is 44.2 Å². The number of hydrogen-bond donors (Lipinski definition) is 0. The lowest BCUT2D eigenvalue weighted by Crippen LogP contribution is -2.33. The first-order valence-corrected chi connectivity index (χ1v) is 11.4. The Morgan fingerprint density at radius 1 is 0.938 bits per heavy atom. The van der Waals surface area contributed by atoms with Gasteiger partial charge in [-0.15, -0.1) is 11.6 Å². The Morgan fingerprint density at radius 3 is 2.19 bits per heavy atom. The second-order valence-corrected chi connectivity index (χ2v) is 8.30. The van der Waals surface area contributed by atoms with Gasteiger partial charge in [0.2, 0.25) is 5.91 Å². The van der Waals surface area contributed by atoms with Crippen LogP contribution in [0.4, 0.5) is 4.39 Å². The first-order valence-electron chi connectivity index (χ1n) is 10.9. The van der Waals surface area contributed by atoms with Gasteiger partial charge >= 0.3 is 0 Å². The number of amides is 1. The van der Waals surface area contributed by atoms with Gasteiger partial charge in [-0.05, 0) is 49.6 Å². The van der Waals surface area contributed by atoms with Gasteiger partial charge in [-0.25, -0.2) is 4.39 Å². The highest BCUT2D eigenvalue weighted by Gasteiger charge is 2.20. The van der Waals surface area contributed by atoms with E-state index in [0.717, 1.165) is 16.9 Å². The fraction of sp³-hybridized carbons (Fsp3) is 0.296. The molecule has 0 heterocycles. The minimum Gasteiger partial charge on any atom is -0.491 e. The van der Waals surface area contributed by atoms with E-state index in [-0.39, 0.29) is 36.2 Å². The van der Waals surface area contributed by atoms with Crippen molar-refractivity contribution in [1.82, 2.24) is 4.90 Å². The lowest BCUT2D eigenvalue weighted by atomic mass is 9.88. The molecule has 168 valence electrons. The number of carbonyl (C=O) groups excluding carboxylic acids is 1. The molecule has 0 saturated heterocycles. The number of benzene rings is 3. The van der Waals surface area contributed by atoms with Crippen molar-refractivity contribution in [3.63, 3.8) is 0 Å². The summed E-state index contributed by atoms with van der Waals surface area (Å²) in [7, 11) is 0. The number of alkyl halides is 1. The zero-order valence-electron chi connectivity index (χ0n) is 18.5. The molecule has 3 rings (SSSR count). The molecule has 1 amide bonds. The van der Waals surface area contributed by atoms with Crippen molar-refractivity contribution in [2.75, 3.05) is 12.4 Å². The van der Waals surface area contributed by atoms with Crippen LogP contribution in [-0.2, 0) is 11.3 Å². The SMILES string of the molecule is CC(C)Oc1ccc(C(CCN(Cc2ccccc2F)C(=O)CCl)c2ccccc2)cc1. The highest BCUT2D eigenvalue weighted by molar-refractivity contribution is 6.27. The summed E-state index contributed by atoms with van der Waals surface area (Å²) in [4.78, 5) is 14.2. The molecule has 1 unspecified atom stereocenters. The first-order chi connectivity index (χ1) is 15.5. The molecule has 0 spiro atoms. The van der Waals surface area contributed by atoms with Crippen molar-refractivity contribution < 1.29 is 13.9 Å². The molecule has 0 N–H and O–H groups in total. The standard InChI is InChI=1S/C27H29ClFNO2/c1-20(2)32-24-14-12-22(13-15-24)25(21-8-4-3-5-9-21)16-17-30(27(31)18-28)19-23-10-6-7-11-26(23)29/h3-15,20,25H,16-19H2,1-2H3. The quantitative estimate of drug-likeness (QED) is 0.332. The Labute approximate surface area is 194 Å². The van der Waals surface area contributed by atoms with Gasteiger partial charge in [-0.1, -0.05) is 60.7 Å². The summed E-state index contributed by atoms with van der Waals surface area (Å²) in [5, 5.41) is 0. The van der Waals surface area contributed by atoms with E-state index in [1.54, 1.807) is 23.1 Å². The molecule has 0 bridgehead atoms. The molecule has 1 atom stereocenters. The van der Waals surface area contributed by atoms with Crippen LogP contribution in [0.25, 0.3) is 0 Å². The van der Waals surface area contributed by atoms with E-state index >= 15 is 0 Å². The van der Waals surface area contributed by atoms with Crippen molar-refractivity contribution in [3.8, 4) is 5.75 Å². The summed E-state index contributed by atoms with van der Waals surface area (Å²) >= 11 is 5.86. The predicted molar refractivity (Wildman–Crippen MR) is 128 cm³/mol. The van der Waals surface area contributed by atoms with Crippen LogP contribution >= 0.6 is 11.6 Å². The third-order valence-electron chi connectivity index (χ3n) is 5.33. The normalized spacial score (nSPS) is 11.9. The summed E-state index contributed by atoms with van der Waals surface area (Å²) < 4.78 is 20.0. The number of rotatable bonds is 10. The van der Waals surface area contributed by atoms with E-state index < -0.39 is 0 Å². The molecule has 0 aliphatic carbocycles. The first kappa shape index (κ1) is 23.8. The Morgan fingerprint density at radius 2 is 1.56 bits per heavy atom. The maximum absolute atomic E-state index is 14.2. The van der Waals surface area contributed by atoms with Gasteiger partial charge in [0, 0.05) is 24.6 Å². The summed E-state index contributed by atoms with van der Waals surface area (Å²) in [5.41, 5.74) is 2.78. The Balaban J connectivity index is 1.82. The van der Waals surface area contributed by atoms with Gasteiger partial charge in [0.1, 0.15) is 17.4 Å². The molecule has 0 aliphatic rings. The average molecular weight is 454 g/mol. The van der Waals surface area contributed by atoms with Crippen LogP contribution < -0.4 is 4.74 Å². The van der Waals surface area contributed by atoms with Crippen molar-refractivity contribution in [2.45, 2.75) is 38.8 Å². The van der Waals surface area contributed by atoms with Crippen LogP contribution in [0.2, 0.25) is 0 Å². The maximum atomic E-state index is 14.2. The predicted octanol–water partition coefficient (Wildman–Crippen LogP) is 6.40. The third kappa shape index (κ3) is 6.57. The van der Waals surface area contributed by atoms with E-state index in [9.17, 15) is 9.18 Å².